The van der Waals surface area contributed by atoms with Gasteiger partial charge in [0.05, 0.1) is 0 Å². The average molecular weight is 366 g/mol. The predicted molar refractivity (Wildman–Crippen MR) is 97.6 cm³/mol. The number of hydrogen-bond donors (Lipinski definition) is 0. The molecule has 0 unspecified atom stereocenters. The van der Waals surface area contributed by atoms with E-state index in [2.05, 4.69) is 19.9 Å². The van der Waals surface area contributed by atoms with Crippen LogP contribution in [0.4, 0.5) is 0 Å². The van der Waals surface area contributed by atoms with Crippen LogP contribution in [0.2, 0.25) is 0 Å². The van der Waals surface area contributed by atoms with Crippen LogP contribution in [0.5, 0.6) is 23.3 Å². The quantitative estimate of drug-likeness (QED) is 0.536. The molecule has 2 aromatic heterocycles. The summed E-state index contributed by atoms with van der Waals surface area (Å²) in [5.74, 6) is 1.17. The zero-order chi connectivity index (χ0) is 19.3. The van der Waals surface area contributed by atoms with Gasteiger partial charge in [-0.3, -0.25) is 0 Å². The summed E-state index contributed by atoms with van der Waals surface area (Å²) in [6, 6.07) is 21.6. The molecule has 0 saturated heterocycles. The monoisotopic (exact) mass is 366 g/mol. The Kier molecular flexibility index (Phi) is 4.44. The van der Waals surface area contributed by atoms with Crippen molar-refractivity contribution in [2.75, 3.05) is 0 Å². The molecule has 0 saturated carbocycles. The summed E-state index contributed by atoms with van der Waals surface area (Å²) in [7, 11) is 0. The first-order valence-corrected chi connectivity index (χ1v) is 8.12. The molecule has 0 amide bonds. The molecule has 0 atom stereocenters. The van der Waals surface area contributed by atoms with E-state index < -0.39 is 0 Å². The summed E-state index contributed by atoms with van der Waals surface area (Å²) >= 11 is 0. The van der Waals surface area contributed by atoms with Crippen LogP contribution in [0, 0.1) is 22.7 Å². The Bertz CT molecular complexity index is 1130. The maximum absolute atomic E-state index is 9.16. The van der Waals surface area contributed by atoms with Gasteiger partial charge in [0.2, 0.25) is 11.3 Å². The number of nitriles is 2. The van der Waals surface area contributed by atoms with Gasteiger partial charge >= 0.3 is 0 Å². The fourth-order valence-electron chi connectivity index (χ4n) is 2.34. The smallest absolute Gasteiger partial charge is 0.286 e. The molecule has 4 rings (SSSR count). The fourth-order valence-corrected chi connectivity index (χ4v) is 2.34. The average Bonchev–Trinajstić information content (AvgIpc) is 2.74. The van der Waals surface area contributed by atoms with Gasteiger partial charge in [-0.2, -0.15) is 20.5 Å². The second-order valence-corrected chi connectivity index (χ2v) is 5.46. The molecular weight excluding hydrogens is 356 g/mol. The van der Waals surface area contributed by atoms with Crippen LogP contribution < -0.4 is 9.47 Å². The molecule has 0 aliphatic carbocycles. The fraction of sp³-hybridized carbons (Fsp3) is 0. The molecule has 132 valence electrons. The third-order valence-corrected chi connectivity index (χ3v) is 3.58. The second-order valence-electron chi connectivity index (χ2n) is 5.46. The Labute approximate surface area is 159 Å². The summed E-state index contributed by atoms with van der Waals surface area (Å²) in [5, 5.41) is 18.3. The molecule has 0 aliphatic rings. The number of ether oxygens (including phenoxy) is 2. The van der Waals surface area contributed by atoms with E-state index in [9.17, 15) is 0 Å². The molecule has 0 N–H and O–H groups in total. The zero-order valence-corrected chi connectivity index (χ0v) is 14.3. The lowest BCUT2D eigenvalue weighted by atomic mass is 10.3. The standard InChI is InChI=1S/C20H10N6O2/c21-11-15-16(12-22)24-18-17(23-15)25-19(27-13-7-3-1-4-8-13)20(26-18)28-14-9-5-2-6-10-14/h1-10H. The second kappa shape index (κ2) is 7.36. The van der Waals surface area contributed by atoms with Crippen molar-refractivity contribution in [3.8, 4) is 35.4 Å². The molecule has 2 aromatic carbocycles. The lowest BCUT2D eigenvalue weighted by Gasteiger charge is -2.11. The molecular formula is C20H10N6O2. The van der Waals surface area contributed by atoms with Crippen molar-refractivity contribution in [3.05, 3.63) is 72.1 Å². The highest BCUT2D eigenvalue weighted by Gasteiger charge is 2.18. The van der Waals surface area contributed by atoms with Gasteiger partial charge in [-0.1, -0.05) is 36.4 Å². The van der Waals surface area contributed by atoms with Crippen molar-refractivity contribution >= 4 is 11.3 Å². The normalized spacial score (nSPS) is 10.1. The highest BCUT2D eigenvalue weighted by atomic mass is 16.5. The van der Waals surface area contributed by atoms with Crippen LogP contribution in [0.25, 0.3) is 11.3 Å². The summed E-state index contributed by atoms with van der Waals surface area (Å²) in [4.78, 5) is 16.7. The summed E-state index contributed by atoms with van der Waals surface area (Å²) < 4.78 is 11.6. The van der Waals surface area contributed by atoms with Gasteiger partial charge in [0.25, 0.3) is 11.8 Å². The first-order valence-electron chi connectivity index (χ1n) is 8.12. The van der Waals surface area contributed by atoms with Crippen LogP contribution in [0.15, 0.2) is 60.7 Å². The third-order valence-electron chi connectivity index (χ3n) is 3.58. The Morgan fingerprint density at radius 1 is 0.571 bits per heavy atom. The Hall–Kier alpha value is -4.56. The Morgan fingerprint density at radius 3 is 1.32 bits per heavy atom. The Morgan fingerprint density at radius 2 is 0.964 bits per heavy atom. The number of aromatic nitrogens is 4. The number of benzene rings is 2. The van der Waals surface area contributed by atoms with Crippen LogP contribution in [-0.2, 0) is 0 Å². The zero-order valence-electron chi connectivity index (χ0n) is 14.3. The molecule has 2 heterocycles. The summed E-state index contributed by atoms with van der Waals surface area (Å²) in [6.07, 6.45) is 0. The molecule has 0 spiro atoms. The third kappa shape index (κ3) is 3.39. The minimum atomic E-state index is -0.133. The highest BCUT2D eigenvalue weighted by molar-refractivity contribution is 5.69. The maximum atomic E-state index is 9.16. The van der Waals surface area contributed by atoms with Crippen molar-refractivity contribution in [1.82, 2.24) is 19.9 Å². The highest BCUT2D eigenvalue weighted by Crippen LogP contribution is 2.32. The largest absolute Gasteiger partial charge is 0.435 e. The van der Waals surface area contributed by atoms with Crippen molar-refractivity contribution in [3.63, 3.8) is 0 Å². The van der Waals surface area contributed by atoms with E-state index in [-0.39, 0.29) is 34.4 Å². The number of hydrogen-bond acceptors (Lipinski definition) is 8. The van der Waals surface area contributed by atoms with Crippen LogP contribution in [-0.4, -0.2) is 19.9 Å². The van der Waals surface area contributed by atoms with E-state index in [1.54, 1.807) is 24.3 Å². The number of nitrogens with zero attached hydrogens (tertiary/aromatic N) is 6. The predicted octanol–water partition coefficient (Wildman–Crippen LogP) is 3.75. The number of fused-ring (bicyclic) bond motifs is 1. The lowest BCUT2D eigenvalue weighted by molar-refractivity contribution is 0.394. The van der Waals surface area contributed by atoms with Gasteiger partial charge in [0, 0.05) is 0 Å². The first kappa shape index (κ1) is 16.9. The van der Waals surface area contributed by atoms with Crippen molar-refractivity contribution in [2.24, 2.45) is 0 Å². The molecule has 0 fully saturated rings. The Balaban J connectivity index is 1.86. The maximum Gasteiger partial charge on any atom is 0.286 e. The number of para-hydroxylation sites is 2. The molecule has 8 heteroatoms. The topological polar surface area (TPSA) is 118 Å². The van der Waals surface area contributed by atoms with E-state index >= 15 is 0 Å². The van der Waals surface area contributed by atoms with Crippen molar-refractivity contribution in [2.45, 2.75) is 0 Å². The van der Waals surface area contributed by atoms with E-state index in [4.69, 9.17) is 20.0 Å². The van der Waals surface area contributed by atoms with Crippen LogP contribution >= 0.6 is 0 Å². The lowest BCUT2D eigenvalue weighted by Crippen LogP contribution is -2.03. The number of rotatable bonds is 4. The van der Waals surface area contributed by atoms with Gasteiger partial charge < -0.3 is 9.47 Å². The van der Waals surface area contributed by atoms with Crippen LogP contribution in [0.1, 0.15) is 11.4 Å². The van der Waals surface area contributed by atoms with Crippen LogP contribution in [0.3, 0.4) is 0 Å². The minimum absolute atomic E-state index is 0.0606. The SMILES string of the molecule is N#Cc1nc2nc(Oc3ccccc3)c(Oc3ccccc3)nc2nc1C#N. The molecule has 8 nitrogen and oxygen atoms in total. The molecule has 28 heavy (non-hydrogen) atoms. The molecule has 0 aliphatic heterocycles. The minimum Gasteiger partial charge on any atom is -0.435 e. The molecule has 4 aromatic rings. The van der Waals surface area contributed by atoms with Crippen molar-refractivity contribution in [1.29, 1.82) is 10.5 Å². The van der Waals surface area contributed by atoms with Gasteiger partial charge in [-0.25, -0.2) is 9.97 Å². The van der Waals surface area contributed by atoms with Gasteiger partial charge in [0.15, 0.2) is 11.4 Å². The summed E-state index contributed by atoms with van der Waals surface area (Å²) in [5.41, 5.74) is -0.123. The van der Waals surface area contributed by atoms with E-state index in [0.717, 1.165) is 0 Å². The van der Waals surface area contributed by atoms with E-state index in [1.165, 1.54) is 0 Å². The molecule has 0 radical (unpaired) electrons. The van der Waals surface area contributed by atoms with Crippen molar-refractivity contribution < 1.29 is 9.47 Å². The van der Waals surface area contributed by atoms with E-state index in [0.29, 0.717) is 11.5 Å². The van der Waals surface area contributed by atoms with E-state index in [1.807, 2.05) is 48.5 Å². The van der Waals surface area contributed by atoms with Gasteiger partial charge in [-0.15, -0.1) is 0 Å². The molecule has 0 bridgehead atoms. The van der Waals surface area contributed by atoms with Gasteiger partial charge in [0.1, 0.15) is 23.6 Å². The summed E-state index contributed by atoms with van der Waals surface area (Å²) in [6.45, 7) is 0. The van der Waals surface area contributed by atoms with Gasteiger partial charge in [-0.05, 0) is 24.3 Å². The first-order chi connectivity index (χ1) is 13.8.